The lowest BCUT2D eigenvalue weighted by molar-refractivity contribution is 0.0702. The molecule has 1 aromatic carbocycles. The quantitative estimate of drug-likeness (QED) is 0.905. The fraction of sp³-hybridized carbons (Fsp3) is 0.444. The summed E-state index contributed by atoms with van der Waals surface area (Å²) in [4.78, 5) is 19.1. The van der Waals surface area contributed by atoms with Crippen LogP contribution in [0.3, 0.4) is 0 Å². The predicted molar refractivity (Wildman–Crippen MR) is 96.7 cm³/mol. The highest BCUT2D eigenvalue weighted by Crippen LogP contribution is 2.26. The van der Waals surface area contributed by atoms with E-state index in [2.05, 4.69) is 10.3 Å². The molecule has 0 aliphatic carbocycles. The first-order valence-electron chi connectivity index (χ1n) is 8.36. The number of likely N-dealkylation sites (tertiary alicyclic amines) is 1. The van der Waals surface area contributed by atoms with Gasteiger partial charge in [0.05, 0.1) is 6.61 Å². The molecular formula is C18H23N3O2S. The number of amides is 1. The lowest BCUT2D eigenvalue weighted by Crippen LogP contribution is -2.44. The number of ether oxygens (including phenoxy) is 1. The van der Waals surface area contributed by atoms with Crippen molar-refractivity contribution in [3.8, 4) is 16.3 Å². The van der Waals surface area contributed by atoms with Crippen molar-refractivity contribution in [2.75, 3.05) is 26.7 Å². The first kappa shape index (κ1) is 16.9. The summed E-state index contributed by atoms with van der Waals surface area (Å²) in [5, 5.41) is 6.01. The maximum absolute atomic E-state index is 12.6. The summed E-state index contributed by atoms with van der Waals surface area (Å²) in [6.45, 7) is 4.20. The van der Waals surface area contributed by atoms with E-state index in [1.165, 1.54) is 11.3 Å². The molecule has 2 heterocycles. The Balaban J connectivity index is 1.67. The van der Waals surface area contributed by atoms with Crippen LogP contribution in [0.4, 0.5) is 0 Å². The van der Waals surface area contributed by atoms with Gasteiger partial charge in [-0.2, -0.15) is 0 Å². The third-order valence-electron chi connectivity index (χ3n) is 4.33. The zero-order chi connectivity index (χ0) is 16.9. The van der Waals surface area contributed by atoms with Crippen molar-refractivity contribution >= 4 is 17.2 Å². The molecule has 6 heteroatoms. The van der Waals surface area contributed by atoms with Gasteiger partial charge in [0.15, 0.2) is 0 Å². The highest BCUT2D eigenvalue weighted by Gasteiger charge is 2.24. The van der Waals surface area contributed by atoms with Crippen LogP contribution in [-0.4, -0.2) is 48.6 Å². The molecule has 24 heavy (non-hydrogen) atoms. The van der Waals surface area contributed by atoms with Gasteiger partial charge in [0.25, 0.3) is 5.91 Å². The van der Waals surface area contributed by atoms with Crippen molar-refractivity contribution in [2.45, 2.75) is 25.8 Å². The van der Waals surface area contributed by atoms with Crippen LogP contribution in [0.1, 0.15) is 30.3 Å². The van der Waals surface area contributed by atoms with Crippen LogP contribution in [0.2, 0.25) is 0 Å². The fourth-order valence-electron chi connectivity index (χ4n) is 2.90. The average Bonchev–Trinajstić information content (AvgIpc) is 3.12. The Morgan fingerprint density at radius 2 is 2.04 bits per heavy atom. The van der Waals surface area contributed by atoms with E-state index >= 15 is 0 Å². The molecule has 1 amide bonds. The van der Waals surface area contributed by atoms with Crippen LogP contribution in [0.25, 0.3) is 10.6 Å². The van der Waals surface area contributed by atoms with Gasteiger partial charge in [0.1, 0.15) is 16.5 Å². The third kappa shape index (κ3) is 3.76. The van der Waals surface area contributed by atoms with Crippen molar-refractivity contribution in [1.82, 2.24) is 15.2 Å². The summed E-state index contributed by atoms with van der Waals surface area (Å²) in [6, 6.07) is 8.35. The van der Waals surface area contributed by atoms with Gasteiger partial charge in [0, 0.05) is 30.1 Å². The minimum absolute atomic E-state index is 0.0398. The summed E-state index contributed by atoms with van der Waals surface area (Å²) in [5.41, 5.74) is 1.56. The van der Waals surface area contributed by atoms with Gasteiger partial charge < -0.3 is 15.0 Å². The van der Waals surface area contributed by atoms with Crippen molar-refractivity contribution in [3.63, 3.8) is 0 Å². The van der Waals surface area contributed by atoms with E-state index < -0.39 is 0 Å². The minimum Gasteiger partial charge on any atom is -0.494 e. The van der Waals surface area contributed by atoms with Crippen LogP contribution in [0, 0.1) is 0 Å². The monoisotopic (exact) mass is 345 g/mol. The zero-order valence-corrected chi connectivity index (χ0v) is 14.9. The van der Waals surface area contributed by atoms with Gasteiger partial charge >= 0.3 is 0 Å². The molecule has 0 atom stereocenters. The second-order valence-electron chi connectivity index (χ2n) is 5.85. The van der Waals surface area contributed by atoms with Crippen LogP contribution < -0.4 is 10.1 Å². The third-order valence-corrected chi connectivity index (χ3v) is 5.22. The second kappa shape index (κ2) is 7.77. The van der Waals surface area contributed by atoms with Crippen LogP contribution in [0.15, 0.2) is 29.6 Å². The second-order valence-corrected chi connectivity index (χ2v) is 6.71. The number of thiazole rings is 1. The molecule has 1 aliphatic heterocycles. The number of aromatic nitrogens is 1. The smallest absolute Gasteiger partial charge is 0.273 e. The van der Waals surface area contributed by atoms with Crippen molar-refractivity contribution in [2.24, 2.45) is 0 Å². The molecule has 1 aromatic heterocycles. The summed E-state index contributed by atoms with van der Waals surface area (Å²) in [6.07, 6.45) is 2.00. The Labute approximate surface area is 146 Å². The van der Waals surface area contributed by atoms with E-state index in [-0.39, 0.29) is 5.91 Å². The van der Waals surface area contributed by atoms with Gasteiger partial charge in [-0.25, -0.2) is 4.98 Å². The summed E-state index contributed by atoms with van der Waals surface area (Å²) in [7, 11) is 1.98. The minimum atomic E-state index is 0.0398. The number of nitrogens with zero attached hydrogens (tertiary/aromatic N) is 2. The summed E-state index contributed by atoms with van der Waals surface area (Å²) in [5.74, 6) is 0.888. The Bertz CT molecular complexity index is 676. The number of nitrogens with one attached hydrogen (secondary N) is 1. The summed E-state index contributed by atoms with van der Waals surface area (Å²) >= 11 is 1.51. The van der Waals surface area contributed by atoms with Crippen LogP contribution in [-0.2, 0) is 0 Å². The number of benzene rings is 1. The number of rotatable bonds is 5. The van der Waals surface area contributed by atoms with Crippen molar-refractivity contribution in [1.29, 1.82) is 0 Å². The van der Waals surface area contributed by atoms with E-state index in [0.29, 0.717) is 18.3 Å². The van der Waals surface area contributed by atoms with Crippen molar-refractivity contribution < 1.29 is 9.53 Å². The molecule has 0 radical (unpaired) electrons. The number of hydrogen-bond acceptors (Lipinski definition) is 5. The average molecular weight is 345 g/mol. The molecule has 0 unspecified atom stereocenters. The van der Waals surface area contributed by atoms with E-state index in [1.54, 1.807) is 0 Å². The fourth-order valence-corrected chi connectivity index (χ4v) is 3.70. The number of hydrogen-bond donors (Lipinski definition) is 1. The Morgan fingerprint density at radius 3 is 2.67 bits per heavy atom. The molecule has 1 saturated heterocycles. The van der Waals surface area contributed by atoms with E-state index in [0.717, 1.165) is 42.3 Å². The maximum atomic E-state index is 12.6. The Hall–Kier alpha value is -1.92. The van der Waals surface area contributed by atoms with Gasteiger partial charge in [-0.3, -0.25) is 4.79 Å². The molecule has 3 rings (SSSR count). The van der Waals surface area contributed by atoms with Gasteiger partial charge in [0.2, 0.25) is 0 Å². The van der Waals surface area contributed by atoms with Crippen LogP contribution >= 0.6 is 11.3 Å². The van der Waals surface area contributed by atoms with E-state index in [9.17, 15) is 4.79 Å². The lowest BCUT2D eigenvalue weighted by atomic mass is 10.1. The van der Waals surface area contributed by atoms with E-state index in [4.69, 9.17) is 4.74 Å². The first-order valence-corrected chi connectivity index (χ1v) is 9.24. The SMILES string of the molecule is CCOc1ccc(-c2nc(C(=O)N3CCC(NC)CC3)cs2)cc1. The first-order chi connectivity index (χ1) is 11.7. The zero-order valence-electron chi connectivity index (χ0n) is 14.1. The largest absolute Gasteiger partial charge is 0.494 e. The van der Waals surface area contributed by atoms with Gasteiger partial charge in [-0.15, -0.1) is 11.3 Å². The molecule has 0 saturated carbocycles. The molecule has 1 N–H and O–H groups in total. The van der Waals surface area contributed by atoms with Crippen molar-refractivity contribution in [3.05, 3.63) is 35.3 Å². The number of carbonyl (C=O) groups is 1. The lowest BCUT2D eigenvalue weighted by Gasteiger charge is -2.31. The number of carbonyl (C=O) groups excluding carboxylic acids is 1. The molecule has 5 nitrogen and oxygen atoms in total. The van der Waals surface area contributed by atoms with Gasteiger partial charge in [-0.05, 0) is 51.1 Å². The standard InChI is InChI=1S/C18H23N3O2S/c1-3-23-15-6-4-13(5-7-15)17-20-16(12-24-17)18(22)21-10-8-14(19-2)9-11-21/h4-7,12,14,19H,3,8-11H2,1-2H3. The molecular weight excluding hydrogens is 322 g/mol. The van der Waals surface area contributed by atoms with Crippen LogP contribution in [0.5, 0.6) is 5.75 Å². The maximum Gasteiger partial charge on any atom is 0.273 e. The topological polar surface area (TPSA) is 54.5 Å². The van der Waals surface area contributed by atoms with E-state index in [1.807, 2.05) is 48.5 Å². The molecule has 1 aliphatic rings. The molecule has 0 spiro atoms. The normalized spacial score (nSPS) is 15.5. The number of piperidine rings is 1. The Morgan fingerprint density at radius 1 is 1.33 bits per heavy atom. The molecule has 1 fully saturated rings. The summed E-state index contributed by atoms with van der Waals surface area (Å²) < 4.78 is 5.45. The molecule has 0 bridgehead atoms. The highest BCUT2D eigenvalue weighted by atomic mass is 32.1. The predicted octanol–water partition coefficient (Wildman–Crippen LogP) is 3.03. The Kier molecular flexibility index (Phi) is 5.48. The molecule has 128 valence electrons. The highest BCUT2D eigenvalue weighted by molar-refractivity contribution is 7.13. The molecule has 2 aromatic rings. The van der Waals surface area contributed by atoms with Gasteiger partial charge in [-0.1, -0.05) is 0 Å².